The molecule has 0 bridgehead atoms. The predicted octanol–water partition coefficient (Wildman–Crippen LogP) is 7.11. The van der Waals surface area contributed by atoms with E-state index < -0.39 is 6.04 Å². The van der Waals surface area contributed by atoms with E-state index in [1.165, 1.54) is 11.8 Å². The van der Waals surface area contributed by atoms with Crippen molar-refractivity contribution in [3.05, 3.63) is 67.6 Å². The van der Waals surface area contributed by atoms with Gasteiger partial charge in [0.2, 0.25) is 11.8 Å². The van der Waals surface area contributed by atoms with E-state index in [1.54, 1.807) is 29.2 Å². The van der Waals surface area contributed by atoms with Gasteiger partial charge in [-0.15, -0.1) is 11.8 Å². The maximum Gasteiger partial charge on any atom is 0.242 e. The molecule has 0 aliphatic carbocycles. The molecule has 1 atom stereocenters. The van der Waals surface area contributed by atoms with Crippen molar-refractivity contribution in [3.8, 4) is 0 Å². The van der Waals surface area contributed by atoms with Gasteiger partial charge in [-0.05, 0) is 47.7 Å². The van der Waals surface area contributed by atoms with Crippen LogP contribution in [0.15, 0.2) is 36.4 Å². The highest BCUT2D eigenvalue weighted by Crippen LogP contribution is 2.26. The van der Waals surface area contributed by atoms with Crippen LogP contribution in [0.5, 0.6) is 0 Å². The van der Waals surface area contributed by atoms with Crippen molar-refractivity contribution in [2.45, 2.75) is 45.5 Å². The quantitative estimate of drug-likeness (QED) is 0.325. The van der Waals surface area contributed by atoms with Gasteiger partial charge in [0.1, 0.15) is 6.04 Å². The third-order valence-electron chi connectivity index (χ3n) is 4.91. The summed E-state index contributed by atoms with van der Waals surface area (Å²) < 4.78 is 0. The number of amides is 2. The van der Waals surface area contributed by atoms with Crippen molar-refractivity contribution in [3.63, 3.8) is 0 Å². The van der Waals surface area contributed by atoms with Crippen LogP contribution in [0.25, 0.3) is 0 Å². The molecule has 0 aliphatic heterocycles. The van der Waals surface area contributed by atoms with E-state index in [0.29, 0.717) is 44.7 Å². The number of halogens is 4. The normalized spacial score (nSPS) is 12.0. The van der Waals surface area contributed by atoms with Crippen LogP contribution in [0.3, 0.4) is 0 Å². The first kappa shape index (κ1) is 28.1. The summed E-state index contributed by atoms with van der Waals surface area (Å²) in [5.41, 5.74) is 1.70. The van der Waals surface area contributed by atoms with Crippen LogP contribution in [0.4, 0.5) is 0 Å². The van der Waals surface area contributed by atoms with Gasteiger partial charge in [-0.3, -0.25) is 9.59 Å². The Morgan fingerprint density at radius 2 is 1.73 bits per heavy atom. The second kappa shape index (κ2) is 13.7. The first-order chi connectivity index (χ1) is 15.6. The molecule has 2 amide bonds. The molecule has 0 heterocycles. The molecule has 1 N–H and O–H groups in total. The van der Waals surface area contributed by atoms with Gasteiger partial charge in [-0.1, -0.05) is 79.3 Å². The molecule has 0 saturated carbocycles. The number of rotatable bonds is 11. The highest BCUT2D eigenvalue weighted by Gasteiger charge is 2.28. The molecule has 2 aromatic rings. The van der Waals surface area contributed by atoms with Crippen LogP contribution in [0.1, 0.15) is 38.3 Å². The monoisotopic (exact) mass is 548 g/mol. The van der Waals surface area contributed by atoms with E-state index in [9.17, 15) is 9.59 Å². The lowest BCUT2D eigenvalue weighted by Gasteiger charge is -2.31. The minimum absolute atomic E-state index is 0.136. The molecule has 4 nitrogen and oxygen atoms in total. The number of nitrogens with one attached hydrogen (secondary N) is 1. The van der Waals surface area contributed by atoms with E-state index >= 15 is 0 Å². The smallest absolute Gasteiger partial charge is 0.242 e. The Labute approximate surface area is 220 Å². The van der Waals surface area contributed by atoms with Gasteiger partial charge < -0.3 is 10.2 Å². The SMILES string of the molecule is CC[C@@H](C(=O)NCC(C)C)N(Cc1ccc(Cl)c(Cl)c1)C(=O)CSCc1ccc(Cl)cc1Cl. The molecule has 2 aromatic carbocycles. The van der Waals surface area contributed by atoms with Crippen LogP contribution in [-0.2, 0) is 21.9 Å². The molecule has 180 valence electrons. The fourth-order valence-electron chi connectivity index (χ4n) is 3.15. The van der Waals surface area contributed by atoms with Gasteiger partial charge in [0.25, 0.3) is 0 Å². The van der Waals surface area contributed by atoms with E-state index in [1.807, 2.05) is 32.9 Å². The summed E-state index contributed by atoms with van der Waals surface area (Å²) in [6, 6.07) is 9.95. The van der Waals surface area contributed by atoms with Gasteiger partial charge in [-0.25, -0.2) is 0 Å². The molecule has 0 saturated heterocycles. The van der Waals surface area contributed by atoms with Gasteiger partial charge in [-0.2, -0.15) is 0 Å². The van der Waals surface area contributed by atoms with Crippen LogP contribution in [-0.4, -0.2) is 35.1 Å². The standard InChI is InChI=1S/C24H28Cl4N2O2S/c1-4-22(24(32)29-11-15(2)3)30(12-16-5-8-19(26)21(28)9-16)23(31)14-33-13-17-6-7-18(25)10-20(17)27/h5-10,15,22H,4,11-14H2,1-3H3,(H,29,32)/t22-/m0/s1. The third kappa shape index (κ3) is 8.88. The van der Waals surface area contributed by atoms with Crippen molar-refractivity contribution in [2.24, 2.45) is 5.92 Å². The number of hydrogen-bond donors (Lipinski definition) is 1. The average Bonchev–Trinajstić information content (AvgIpc) is 2.76. The lowest BCUT2D eigenvalue weighted by atomic mass is 10.1. The van der Waals surface area contributed by atoms with Crippen molar-refractivity contribution in [1.29, 1.82) is 0 Å². The maximum absolute atomic E-state index is 13.3. The predicted molar refractivity (Wildman–Crippen MR) is 142 cm³/mol. The third-order valence-corrected chi connectivity index (χ3v) is 7.20. The molecule has 33 heavy (non-hydrogen) atoms. The number of thioether (sulfide) groups is 1. The summed E-state index contributed by atoms with van der Waals surface area (Å²) in [5.74, 6) is 0.769. The average molecular weight is 550 g/mol. The molecule has 9 heteroatoms. The Morgan fingerprint density at radius 1 is 1.00 bits per heavy atom. The number of carbonyl (C=O) groups excluding carboxylic acids is 2. The molecule has 0 aromatic heterocycles. The lowest BCUT2D eigenvalue weighted by Crippen LogP contribution is -2.50. The van der Waals surface area contributed by atoms with Crippen LogP contribution in [0, 0.1) is 5.92 Å². The minimum Gasteiger partial charge on any atom is -0.354 e. The number of benzene rings is 2. The highest BCUT2D eigenvalue weighted by atomic mass is 35.5. The molecule has 0 spiro atoms. The second-order valence-corrected chi connectivity index (χ2v) is 10.7. The number of carbonyl (C=O) groups is 2. The summed E-state index contributed by atoms with van der Waals surface area (Å²) in [6.45, 7) is 6.76. The zero-order valence-corrected chi connectivity index (χ0v) is 22.7. The molecule has 0 radical (unpaired) electrons. The Balaban J connectivity index is 2.17. The number of nitrogens with zero attached hydrogens (tertiary/aromatic N) is 1. The molecule has 2 rings (SSSR count). The summed E-state index contributed by atoms with van der Waals surface area (Å²) in [5, 5.41) is 4.93. The van der Waals surface area contributed by atoms with Crippen molar-refractivity contribution < 1.29 is 9.59 Å². The first-order valence-corrected chi connectivity index (χ1v) is 13.3. The largest absolute Gasteiger partial charge is 0.354 e. The van der Waals surface area contributed by atoms with Gasteiger partial charge in [0.05, 0.1) is 15.8 Å². The Hall–Kier alpha value is -1.11. The van der Waals surface area contributed by atoms with Crippen LogP contribution < -0.4 is 5.32 Å². The summed E-state index contributed by atoms with van der Waals surface area (Å²) in [7, 11) is 0. The Kier molecular flexibility index (Phi) is 11.7. The first-order valence-electron chi connectivity index (χ1n) is 10.6. The minimum atomic E-state index is -0.592. The van der Waals surface area contributed by atoms with Crippen LogP contribution >= 0.6 is 58.2 Å². The van der Waals surface area contributed by atoms with E-state index in [-0.39, 0.29) is 24.1 Å². The second-order valence-electron chi connectivity index (χ2n) is 8.06. The fraction of sp³-hybridized carbons (Fsp3) is 0.417. The molecule has 0 aliphatic rings. The van der Waals surface area contributed by atoms with Crippen molar-refractivity contribution in [2.75, 3.05) is 12.3 Å². The van der Waals surface area contributed by atoms with Gasteiger partial charge in [0.15, 0.2) is 0 Å². The molecular weight excluding hydrogens is 522 g/mol. The van der Waals surface area contributed by atoms with Gasteiger partial charge in [0, 0.05) is 28.9 Å². The van der Waals surface area contributed by atoms with Gasteiger partial charge >= 0.3 is 0 Å². The van der Waals surface area contributed by atoms with Crippen molar-refractivity contribution in [1.82, 2.24) is 10.2 Å². The highest BCUT2D eigenvalue weighted by molar-refractivity contribution is 7.99. The zero-order chi connectivity index (χ0) is 24.5. The zero-order valence-electron chi connectivity index (χ0n) is 18.8. The van der Waals surface area contributed by atoms with E-state index in [0.717, 1.165) is 11.1 Å². The fourth-order valence-corrected chi connectivity index (χ4v) is 4.94. The van der Waals surface area contributed by atoms with Crippen molar-refractivity contribution >= 4 is 70.0 Å². The Bertz CT molecular complexity index is 971. The lowest BCUT2D eigenvalue weighted by molar-refractivity contribution is -0.139. The topological polar surface area (TPSA) is 49.4 Å². The summed E-state index contributed by atoms with van der Waals surface area (Å²) >= 11 is 25.9. The molecule has 0 fully saturated rings. The summed E-state index contributed by atoms with van der Waals surface area (Å²) in [4.78, 5) is 27.8. The van der Waals surface area contributed by atoms with Crippen LogP contribution in [0.2, 0.25) is 20.1 Å². The Morgan fingerprint density at radius 3 is 2.33 bits per heavy atom. The number of hydrogen-bond acceptors (Lipinski definition) is 3. The van der Waals surface area contributed by atoms with E-state index in [2.05, 4.69) is 5.32 Å². The summed E-state index contributed by atoms with van der Waals surface area (Å²) in [6.07, 6.45) is 0.491. The maximum atomic E-state index is 13.3. The molecule has 0 unspecified atom stereocenters. The van der Waals surface area contributed by atoms with E-state index in [4.69, 9.17) is 46.4 Å². The molecular formula is C24H28Cl4N2O2S.